The standard InChI is InChI=1S/C31H22N2O/c1-2-30-32-27-15-6-7-16-28(27)33(30)21-11-9-10-20(18-21)25-19-26-23-13-5-8-17-29(23)34-31(26)24-14-4-3-12-22(24)25/h3-19H,2H2,1H3. The van der Waals surface area contributed by atoms with Crippen molar-refractivity contribution in [2.24, 2.45) is 0 Å². The highest BCUT2D eigenvalue weighted by atomic mass is 16.3. The highest BCUT2D eigenvalue weighted by Gasteiger charge is 2.16. The third-order valence-electron chi connectivity index (χ3n) is 6.75. The van der Waals surface area contributed by atoms with Crippen LogP contribution >= 0.6 is 0 Å². The normalized spacial score (nSPS) is 11.8. The molecule has 0 atom stereocenters. The fourth-order valence-electron chi connectivity index (χ4n) is 5.20. The summed E-state index contributed by atoms with van der Waals surface area (Å²) in [6.45, 7) is 2.16. The Labute approximate surface area is 196 Å². The Morgan fingerprint density at radius 1 is 0.706 bits per heavy atom. The summed E-state index contributed by atoms with van der Waals surface area (Å²) in [5.74, 6) is 1.07. The maximum absolute atomic E-state index is 6.31. The smallest absolute Gasteiger partial charge is 0.143 e. The summed E-state index contributed by atoms with van der Waals surface area (Å²) in [7, 11) is 0. The highest BCUT2D eigenvalue weighted by Crippen LogP contribution is 2.40. The summed E-state index contributed by atoms with van der Waals surface area (Å²) in [6, 6.07) is 36.3. The van der Waals surface area contributed by atoms with Crippen LogP contribution in [-0.4, -0.2) is 9.55 Å². The van der Waals surface area contributed by atoms with Crippen molar-refractivity contribution in [1.82, 2.24) is 9.55 Å². The van der Waals surface area contributed by atoms with E-state index in [2.05, 4.69) is 96.4 Å². The second kappa shape index (κ2) is 7.32. The van der Waals surface area contributed by atoms with E-state index in [9.17, 15) is 0 Å². The van der Waals surface area contributed by atoms with Gasteiger partial charge in [-0.3, -0.25) is 4.57 Å². The topological polar surface area (TPSA) is 31.0 Å². The molecular formula is C31H22N2O. The first-order valence-electron chi connectivity index (χ1n) is 11.7. The lowest BCUT2D eigenvalue weighted by Gasteiger charge is -2.12. The first-order chi connectivity index (χ1) is 16.8. The molecule has 0 aliphatic heterocycles. The van der Waals surface area contributed by atoms with E-state index in [0.29, 0.717) is 0 Å². The van der Waals surface area contributed by atoms with Crippen LogP contribution in [0.4, 0.5) is 0 Å². The van der Waals surface area contributed by atoms with Crippen molar-refractivity contribution in [3.05, 3.63) is 109 Å². The second-order valence-corrected chi connectivity index (χ2v) is 8.70. The van der Waals surface area contributed by atoms with Crippen LogP contribution in [0, 0.1) is 0 Å². The van der Waals surface area contributed by atoms with Gasteiger partial charge in [0, 0.05) is 28.3 Å². The van der Waals surface area contributed by atoms with E-state index < -0.39 is 0 Å². The van der Waals surface area contributed by atoms with Gasteiger partial charge < -0.3 is 4.42 Å². The molecule has 0 aliphatic rings. The van der Waals surface area contributed by atoms with Gasteiger partial charge in [0.2, 0.25) is 0 Å². The SMILES string of the molecule is CCc1nc2ccccc2n1-c1cccc(-c2cc3c4ccccc4oc3c3ccccc23)c1. The van der Waals surface area contributed by atoms with Crippen molar-refractivity contribution in [3.63, 3.8) is 0 Å². The van der Waals surface area contributed by atoms with Crippen LogP contribution in [0.3, 0.4) is 0 Å². The lowest BCUT2D eigenvalue weighted by atomic mass is 9.95. The van der Waals surface area contributed by atoms with Crippen molar-refractivity contribution in [1.29, 1.82) is 0 Å². The fourth-order valence-corrected chi connectivity index (χ4v) is 5.20. The molecule has 0 bridgehead atoms. The van der Waals surface area contributed by atoms with E-state index >= 15 is 0 Å². The number of hydrogen-bond acceptors (Lipinski definition) is 2. The summed E-state index contributed by atoms with van der Waals surface area (Å²) in [6.07, 6.45) is 0.870. The van der Waals surface area contributed by atoms with E-state index in [4.69, 9.17) is 9.40 Å². The number of para-hydroxylation sites is 3. The zero-order valence-corrected chi connectivity index (χ0v) is 18.8. The molecule has 7 aromatic rings. The lowest BCUT2D eigenvalue weighted by molar-refractivity contribution is 0.672. The first-order valence-corrected chi connectivity index (χ1v) is 11.7. The van der Waals surface area contributed by atoms with Crippen molar-refractivity contribution >= 4 is 43.7 Å². The highest BCUT2D eigenvalue weighted by molar-refractivity contribution is 6.19. The van der Waals surface area contributed by atoms with E-state index in [1.165, 1.54) is 16.5 Å². The molecule has 0 spiro atoms. The number of aryl methyl sites for hydroxylation is 1. The van der Waals surface area contributed by atoms with Gasteiger partial charge in [-0.15, -0.1) is 0 Å². The average molecular weight is 439 g/mol. The fraction of sp³-hybridized carbons (Fsp3) is 0.0645. The molecule has 3 heteroatoms. The molecule has 0 N–H and O–H groups in total. The van der Waals surface area contributed by atoms with Gasteiger partial charge in [0.05, 0.1) is 11.0 Å². The summed E-state index contributed by atoms with van der Waals surface area (Å²) in [4.78, 5) is 4.88. The van der Waals surface area contributed by atoms with Crippen LogP contribution in [0.1, 0.15) is 12.7 Å². The molecule has 5 aromatic carbocycles. The van der Waals surface area contributed by atoms with Crippen LogP contribution in [-0.2, 0) is 6.42 Å². The Morgan fingerprint density at radius 3 is 2.35 bits per heavy atom. The Hall–Kier alpha value is -4.37. The number of nitrogens with zero attached hydrogens (tertiary/aromatic N) is 2. The minimum absolute atomic E-state index is 0.870. The van der Waals surface area contributed by atoms with Crippen LogP contribution < -0.4 is 0 Å². The molecule has 0 aliphatic carbocycles. The van der Waals surface area contributed by atoms with E-state index in [0.717, 1.165) is 56.3 Å². The average Bonchev–Trinajstić information content (AvgIpc) is 3.47. The van der Waals surface area contributed by atoms with Gasteiger partial charge in [-0.25, -0.2) is 4.98 Å². The van der Waals surface area contributed by atoms with Gasteiger partial charge in [-0.05, 0) is 52.9 Å². The van der Waals surface area contributed by atoms with Gasteiger partial charge in [-0.1, -0.05) is 73.7 Å². The summed E-state index contributed by atoms with van der Waals surface area (Å²) < 4.78 is 8.59. The van der Waals surface area contributed by atoms with Gasteiger partial charge in [0.25, 0.3) is 0 Å². The number of fused-ring (bicyclic) bond motifs is 6. The molecule has 34 heavy (non-hydrogen) atoms. The molecule has 2 aromatic heterocycles. The van der Waals surface area contributed by atoms with E-state index in [-0.39, 0.29) is 0 Å². The largest absolute Gasteiger partial charge is 0.455 e. The molecule has 0 saturated heterocycles. The van der Waals surface area contributed by atoms with Crippen LogP contribution in [0.5, 0.6) is 0 Å². The Morgan fingerprint density at radius 2 is 1.47 bits per heavy atom. The number of rotatable bonds is 3. The Kier molecular flexibility index (Phi) is 4.12. The third-order valence-corrected chi connectivity index (χ3v) is 6.75. The van der Waals surface area contributed by atoms with Crippen LogP contribution in [0.2, 0.25) is 0 Å². The van der Waals surface area contributed by atoms with Crippen LogP contribution in [0.15, 0.2) is 108 Å². The van der Waals surface area contributed by atoms with Gasteiger partial charge in [-0.2, -0.15) is 0 Å². The van der Waals surface area contributed by atoms with Gasteiger partial charge >= 0.3 is 0 Å². The molecule has 0 fully saturated rings. The molecule has 3 nitrogen and oxygen atoms in total. The minimum atomic E-state index is 0.870. The van der Waals surface area contributed by atoms with Crippen molar-refractivity contribution in [3.8, 4) is 16.8 Å². The van der Waals surface area contributed by atoms with Gasteiger partial charge in [0.1, 0.15) is 17.0 Å². The molecule has 0 amide bonds. The molecule has 7 rings (SSSR count). The summed E-state index contributed by atoms with van der Waals surface area (Å²) in [5, 5.41) is 4.63. The first kappa shape index (κ1) is 19.1. The zero-order chi connectivity index (χ0) is 22.6. The summed E-state index contributed by atoms with van der Waals surface area (Å²) in [5.41, 5.74) is 7.56. The number of aromatic nitrogens is 2. The molecule has 162 valence electrons. The maximum atomic E-state index is 6.31. The third kappa shape index (κ3) is 2.74. The lowest BCUT2D eigenvalue weighted by Crippen LogP contribution is -2.00. The summed E-state index contributed by atoms with van der Waals surface area (Å²) >= 11 is 0. The maximum Gasteiger partial charge on any atom is 0.143 e. The van der Waals surface area contributed by atoms with Gasteiger partial charge in [0.15, 0.2) is 0 Å². The molecule has 0 saturated carbocycles. The van der Waals surface area contributed by atoms with Crippen molar-refractivity contribution in [2.75, 3.05) is 0 Å². The number of furan rings is 1. The molecule has 0 unspecified atom stereocenters. The quantitative estimate of drug-likeness (QED) is 0.278. The number of benzene rings is 5. The Balaban J connectivity index is 1.52. The predicted octanol–water partition coefficient (Wildman–Crippen LogP) is 8.31. The second-order valence-electron chi connectivity index (χ2n) is 8.70. The van der Waals surface area contributed by atoms with Crippen LogP contribution in [0.25, 0.3) is 60.6 Å². The molecule has 2 heterocycles. The van der Waals surface area contributed by atoms with E-state index in [1.54, 1.807) is 0 Å². The number of imidazole rings is 1. The molecule has 0 radical (unpaired) electrons. The van der Waals surface area contributed by atoms with Crippen molar-refractivity contribution < 1.29 is 4.42 Å². The van der Waals surface area contributed by atoms with Crippen molar-refractivity contribution in [2.45, 2.75) is 13.3 Å². The predicted molar refractivity (Wildman–Crippen MR) is 141 cm³/mol. The molecular weight excluding hydrogens is 416 g/mol. The number of hydrogen-bond donors (Lipinski definition) is 0. The zero-order valence-electron chi connectivity index (χ0n) is 18.8. The van der Waals surface area contributed by atoms with E-state index in [1.807, 2.05) is 18.2 Å². The minimum Gasteiger partial charge on any atom is -0.455 e. The Bertz CT molecular complexity index is 1850. The monoisotopic (exact) mass is 438 g/mol.